The molecular formula is C32H52N9O12-3. The van der Waals surface area contributed by atoms with E-state index in [1.807, 2.05) is 0 Å². The summed E-state index contributed by atoms with van der Waals surface area (Å²) in [7, 11) is 0. The Morgan fingerprint density at radius 1 is 0.472 bits per heavy atom. The fourth-order valence-corrected chi connectivity index (χ4v) is 5.72. The Kier molecular flexibility index (Phi) is 21.3. The number of amides is 5. The second-order valence-corrected chi connectivity index (χ2v) is 12.9. The van der Waals surface area contributed by atoms with Gasteiger partial charge in [-0.25, -0.2) is 4.79 Å². The fourth-order valence-electron chi connectivity index (χ4n) is 5.72. The lowest BCUT2D eigenvalue weighted by atomic mass is 9.90. The number of hydrogen-bond acceptors (Lipinski definition) is 16. The molecule has 0 radical (unpaired) electrons. The maximum Gasteiger partial charge on any atom is 0.407 e. The van der Waals surface area contributed by atoms with Gasteiger partial charge in [0.2, 0.25) is 23.6 Å². The number of carbonyl (C=O) groups is 8. The summed E-state index contributed by atoms with van der Waals surface area (Å²) in [5, 5.41) is 44.6. The maximum atomic E-state index is 13.0. The molecule has 0 unspecified atom stereocenters. The first-order valence-corrected chi connectivity index (χ1v) is 17.8. The van der Waals surface area contributed by atoms with Gasteiger partial charge in [0.25, 0.3) is 0 Å². The molecule has 0 aromatic rings. The first kappa shape index (κ1) is 44.6. The quantitative estimate of drug-likeness (QED) is 0.0766. The van der Waals surface area contributed by atoms with Gasteiger partial charge in [0.15, 0.2) is 0 Å². The number of carboxylic acid groups (broad SMARTS) is 3. The molecule has 2 rings (SSSR count). The molecule has 1 heterocycles. The van der Waals surface area contributed by atoms with E-state index in [-0.39, 0.29) is 97.5 Å². The summed E-state index contributed by atoms with van der Waals surface area (Å²) < 4.78 is 5.30. The van der Waals surface area contributed by atoms with E-state index in [0.717, 1.165) is 25.7 Å². The van der Waals surface area contributed by atoms with Crippen LogP contribution in [0.4, 0.5) is 4.79 Å². The average molecular weight is 755 g/mol. The summed E-state index contributed by atoms with van der Waals surface area (Å²) in [4.78, 5) is 102. The number of nitrogens with zero attached hydrogens (tertiary/aromatic N) is 4. The molecule has 2 fully saturated rings. The minimum Gasteiger partial charge on any atom is -0.548 e. The molecule has 0 aromatic carbocycles. The van der Waals surface area contributed by atoms with Crippen LogP contribution in [-0.4, -0.2) is 185 Å². The van der Waals surface area contributed by atoms with Gasteiger partial charge in [-0.15, -0.1) is 0 Å². The van der Waals surface area contributed by atoms with Gasteiger partial charge in [-0.1, -0.05) is 19.3 Å². The molecule has 0 spiro atoms. The standard InChI is InChI=1S/C32H55N9O12/c42-25(33-6-7-34-32(52)53-23-24-4-2-1-3-5-24)19-38-8-10-39(20-26(43)35-16-29(46)47)12-14-41(22-28(45)37-18-31(50)51)15-13-40(11-9-38)21-27(44)36-17-30(48)49/h24H,1-23H2,(H,33,42)(H,34,52)(H,35,43)(H,36,44)(H,37,45)(H,46,47)(H,48,49)(H,50,51)/p-3. The van der Waals surface area contributed by atoms with Crippen molar-refractivity contribution in [2.45, 2.75) is 32.1 Å². The SMILES string of the molecule is O=C([O-])CNC(=O)CN1CCN(CC(=O)NCCNC(=O)OCC2CCCCC2)CCN(CC(=O)NCC(=O)[O-])CCN(CC(=O)NCC(=O)[O-])CC1. The highest BCUT2D eigenvalue weighted by Crippen LogP contribution is 2.23. The summed E-state index contributed by atoms with van der Waals surface area (Å²) in [5.74, 6) is -6.22. The Morgan fingerprint density at radius 2 is 0.792 bits per heavy atom. The normalized spacial score (nSPS) is 17.3. The molecule has 21 heteroatoms. The summed E-state index contributed by atoms with van der Waals surface area (Å²) in [6.07, 6.45) is 4.96. The lowest BCUT2D eigenvalue weighted by Crippen LogP contribution is -2.52. The molecule has 1 aliphatic carbocycles. The summed E-state index contributed by atoms with van der Waals surface area (Å²) in [6.45, 7) is -0.526. The highest BCUT2D eigenvalue weighted by Gasteiger charge is 2.22. The molecule has 0 atom stereocenters. The second kappa shape index (κ2) is 25.4. The van der Waals surface area contributed by atoms with Gasteiger partial charge in [0, 0.05) is 65.4 Å². The molecular weight excluding hydrogens is 702 g/mol. The van der Waals surface area contributed by atoms with E-state index < -0.39 is 61.4 Å². The second-order valence-electron chi connectivity index (χ2n) is 12.9. The molecule has 21 nitrogen and oxygen atoms in total. The van der Waals surface area contributed by atoms with Crippen LogP contribution >= 0.6 is 0 Å². The first-order valence-electron chi connectivity index (χ1n) is 17.8. The van der Waals surface area contributed by atoms with Crippen LogP contribution in [0.5, 0.6) is 0 Å². The van der Waals surface area contributed by atoms with Gasteiger partial charge in [0.05, 0.1) is 70.3 Å². The predicted molar refractivity (Wildman–Crippen MR) is 179 cm³/mol. The van der Waals surface area contributed by atoms with Gasteiger partial charge in [0.1, 0.15) is 0 Å². The number of rotatable bonds is 19. The number of hydrogen-bond donors (Lipinski definition) is 5. The summed E-state index contributed by atoms with van der Waals surface area (Å²) in [5.41, 5.74) is 0. The van der Waals surface area contributed by atoms with Gasteiger partial charge < -0.3 is 61.0 Å². The minimum absolute atomic E-state index is 0.0910. The van der Waals surface area contributed by atoms with Crippen molar-refractivity contribution in [3.63, 3.8) is 0 Å². The summed E-state index contributed by atoms with van der Waals surface area (Å²) in [6, 6.07) is 0. The number of nitrogens with one attached hydrogen (secondary N) is 5. The van der Waals surface area contributed by atoms with Gasteiger partial charge in [-0.2, -0.15) is 0 Å². The Labute approximate surface area is 308 Å². The lowest BCUT2D eigenvalue weighted by molar-refractivity contribution is -0.305. The molecule has 300 valence electrons. The van der Waals surface area contributed by atoms with Crippen LogP contribution in [-0.2, 0) is 38.3 Å². The van der Waals surface area contributed by atoms with Crippen LogP contribution in [0.2, 0.25) is 0 Å². The number of aliphatic carboxylic acids is 3. The molecule has 0 aromatic heterocycles. The summed E-state index contributed by atoms with van der Waals surface area (Å²) >= 11 is 0. The van der Waals surface area contributed by atoms with Crippen molar-refractivity contribution in [1.82, 2.24) is 46.2 Å². The van der Waals surface area contributed by atoms with Crippen molar-refractivity contribution in [3.8, 4) is 0 Å². The Hall–Kier alpha value is -4.60. The van der Waals surface area contributed by atoms with Crippen LogP contribution < -0.4 is 41.9 Å². The topological polar surface area (TPSA) is 288 Å². The zero-order valence-corrected chi connectivity index (χ0v) is 30.0. The first-order chi connectivity index (χ1) is 25.3. The Morgan fingerprint density at radius 3 is 1.13 bits per heavy atom. The van der Waals surface area contributed by atoms with E-state index in [0.29, 0.717) is 12.5 Å². The lowest BCUT2D eigenvalue weighted by Gasteiger charge is -2.33. The van der Waals surface area contributed by atoms with Crippen molar-refractivity contribution >= 4 is 47.6 Å². The molecule has 1 aliphatic heterocycles. The van der Waals surface area contributed by atoms with Crippen LogP contribution in [0.1, 0.15) is 32.1 Å². The Balaban J connectivity index is 2.07. The number of ether oxygens (including phenoxy) is 1. The van der Waals surface area contributed by atoms with Crippen molar-refractivity contribution in [1.29, 1.82) is 0 Å². The van der Waals surface area contributed by atoms with E-state index >= 15 is 0 Å². The molecule has 2 aliphatic rings. The largest absolute Gasteiger partial charge is 0.548 e. The van der Waals surface area contributed by atoms with Crippen molar-refractivity contribution in [2.24, 2.45) is 5.92 Å². The highest BCUT2D eigenvalue weighted by atomic mass is 16.5. The molecule has 53 heavy (non-hydrogen) atoms. The molecule has 5 N–H and O–H groups in total. The van der Waals surface area contributed by atoms with E-state index in [9.17, 15) is 53.7 Å². The number of carboxylic acids is 3. The molecule has 5 amide bonds. The van der Waals surface area contributed by atoms with E-state index in [1.54, 1.807) is 19.6 Å². The van der Waals surface area contributed by atoms with Crippen LogP contribution in [0.3, 0.4) is 0 Å². The Bertz CT molecular complexity index is 1190. The zero-order valence-electron chi connectivity index (χ0n) is 30.0. The average Bonchev–Trinajstić information content (AvgIpc) is 3.11. The number of alkyl carbamates (subject to hydrolysis) is 1. The van der Waals surface area contributed by atoms with E-state index in [1.165, 1.54) is 6.42 Å². The van der Waals surface area contributed by atoms with Gasteiger partial charge >= 0.3 is 6.09 Å². The minimum atomic E-state index is -1.48. The maximum absolute atomic E-state index is 13.0. The van der Waals surface area contributed by atoms with Crippen molar-refractivity contribution in [2.75, 3.05) is 118 Å². The van der Waals surface area contributed by atoms with Crippen LogP contribution in [0, 0.1) is 5.92 Å². The monoisotopic (exact) mass is 754 g/mol. The molecule has 0 bridgehead atoms. The fraction of sp³-hybridized carbons (Fsp3) is 0.750. The predicted octanol–water partition coefficient (Wildman–Crippen LogP) is -7.77. The van der Waals surface area contributed by atoms with Crippen molar-refractivity contribution in [3.05, 3.63) is 0 Å². The highest BCUT2D eigenvalue weighted by molar-refractivity contribution is 5.83. The zero-order chi connectivity index (χ0) is 39.0. The van der Waals surface area contributed by atoms with Gasteiger partial charge in [-0.3, -0.25) is 38.8 Å². The van der Waals surface area contributed by atoms with Crippen LogP contribution in [0.25, 0.3) is 0 Å². The van der Waals surface area contributed by atoms with Crippen LogP contribution in [0.15, 0.2) is 0 Å². The smallest absolute Gasteiger partial charge is 0.407 e. The van der Waals surface area contributed by atoms with Crippen molar-refractivity contribution < 1.29 is 58.4 Å². The third kappa shape index (κ3) is 22.2. The molecule has 1 saturated carbocycles. The third-order valence-electron chi connectivity index (χ3n) is 8.58. The molecule has 1 saturated heterocycles. The van der Waals surface area contributed by atoms with Gasteiger partial charge in [-0.05, 0) is 18.8 Å². The van der Waals surface area contributed by atoms with E-state index in [2.05, 4.69) is 26.6 Å². The third-order valence-corrected chi connectivity index (χ3v) is 8.58. The van der Waals surface area contributed by atoms with E-state index in [4.69, 9.17) is 4.74 Å². The number of carbonyl (C=O) groups excluding carboxylic acids is 8.